The van der Waals surface area contributed by atoms with Gasteiger partial charge in [-0.15, -0.1) is 0 Å². The Hall–Kier alpha value is -3.89. The summed E-state index contributed by atoms with van der Waals surface area (Å²) < 4.78 is 43.7. The van der Waals surface area contributed by atoms with Crippen molar-refractivity contribution in [1.82, 2.24) is 15.5 Å². The smallest absolute Gasteiger partial charge is 0.389 e. The van der Waals surface area contributed by atoms with E-state index in [2.05, 4.69) is 16.7 Å². The Bertz CT molecular complexity index is 1460. The molecule has 0 saturated heterocycles. The molecule has 3 aromatic rings. The van der Waals surface area contributed by atoms with Crippen molar-refractivity contribution in [2.24, 2.45) is 0 Å². The van der Waals surface area contributed by atoms with E-state index in [1.807, 2.05) is 55.5 Å². The van der Waals surface area contributed by atoms with Gasteiger partial charge in [-0.3, -0.25) is 9.59 Å². The maximum absolute atomic E-state index is 13.7. The van der Waals surface area contributed by atoms with Crippen LogP contribution in [-0.4, -0.2) is 66.9 Å². The number of aliphatic hydroxyl groups is 1. The average Bonchev–Trinajstić information content (AvgIpc) is 3.10. The zero-order chi connectivity index (χ0) is 34.6. The number of amides is 2. The number of methoxy groups -OCH3 is 1. The molecule has 0 heterocycles. The van der Waals surface area contributed by atoms with Crippen LogP contribution in [-0.2, 0) is 12.0 Å². The first-order chi connectivity index (χ1) is 23.0. The molecule has 1 fully saturated rings. The first-order valence-electron chi connectivity index (χ1n) is 16.9. The third kappa shape index (κ3) is 10.6. The molecule has 1 aliphatic carbocycles. The molecule has 4 rings (SSSR count). The zero-order valence-electron chi connectivity index (χ0n) is 27.9. The van der Waals surface area contributed by atoms with Crippen molar-refractivity contribution in [3.8, 4) is 5.75 Å². The van der Waals surface area contributed by atoms with E-state index in [9.17, 15) is 27.9 Å². The summed E-state index contributed by atoms with van der Waals surface area (Å²) in [5.74, 6) is -0.105. The van der Waals surface area contributed by atoms with Gasteiger partial charge in [0.05, 0.1) is 19.3 Å². The minimum absolute atomic E-state index is 0.0296. The van der Waals surface area contributed by atoms with Gasteiger partial charge < -0.3 is 25.4 Å². The maximum atomic E-state index is 13.7. The van der Waals surface area contributed by atoms with E-state index in [1.54, 1.807) is 25.3 Å². The molecule has 0 aliphatic heterocycles. The fourth-order valence-corrected chi connectivity index (χ4v) is 6.52. The quantitative estimate of drug-likeness (QED) is 0.153. The molecule has 7 nitrogen and oxygen atoms in total. The van der Waals surface area contributed by atoms with Gasteiger partial charge >= 0.3 is 6.18 Å². The molecule has 2 atom stereocenters. The zero-order valence-corrected chi connectivity index (χ0v) is 27.9. The second-order valence-electron chi connectivity index (χ2n) is 12.7. The summed E-state index contributed by atoms with van der Waals surface area (Å²) in [5.41, 5.74) is 2.16. The van der Waals surface area contributed by atoms with Crippen LogP contribution in [0, 0.1) is 0 Å². The Kier molecular flexibility index (Phi) is 13.5. The summed E-state index contributed by atoms with van der Waals surface area (Å²) in [6, 6.07) is 23.2. The first-order valence-corrected chi connectivity index (χ1v) is 16.9. The van der Waals surface area contributed by atoms with Crippen LogP contribution >= 0.6 is 0 Å². The fraction of sp³-hybridized carbons (Fsp3) is 0.474. The van der Waals surface area contributed by atoms with Crippen molar-refractivity contribution in [3.63, 3.8) is 0 Å². The van der Waals surface area contributed by atoms with Gasteiger partial charge in [-0.1, -0.05) is 74.7 Å². The van der Waals surface area contributed by atoms with Crippen molar-refractivity contribution in [2.45, 2.75) is 88.6 Å². The molecule has 1 saturated carbocycles. The molecule has 0 aromatic heterocycles. The fourth-order valence-electron chi connectivity index (χ4n) is 6.52. The van der Waals surface area contributed by atoms with E-state index >= 15 is 0 Å². The highest BCUT2D eigenvalue weighted by molar-refractivity contribution is 5.99. The number of alkyl halides is 3. The molecule has 0 spiro atoms. The van der Waals surface area contributed by atoms with Gasteiger partial charge in [0.15, 0.2) is 0 Å². The number of nitrogens with zero attached hydrogens (tertiary/aromatic N) is 1. The molecule has 48 heavy (non-hydrogen) atoms. The Morgan fingerprint density at radius 3 is 2.33 bits per heavy atom. The van der Waals surface area contributed by atoms with E-state index < -0.39 is 36.6 Å². The van der Waals surface area contributed by atoms with Crippen molar-refractivity contribution in [3.05, 3.63) is 101 Å². The first kappa shape index (κ1) is 36.9. The SMILES string of the molecule is CCCN(CCCC(F)(F)F)C(=O)c1cccc(C(=O)N[C@@H](Cc2ccccc2)[C@H](O)CNC2(c3cccc(OC)c3)CCCCC2)c1. The van der Waals surface area contributed by atoms with Crippen LogP contribution in [0.15, 0.2) is 78.9 Å². The lowest BCUT2D eigenvalue weighted by Crippen LogP contribution is -2.53. The predicted octanol–water partition coefficient (Wildman–Crippen LogP) is 7.04. The third-order valence-electron chi connectivity index (χ3n) is 9.10. The number of halogens is 3. The summed E-state index contributed by atoms with van der Waals surface area (Å²) in [6.45, 7) is 2.37. The molecule has 2 amide bonds. The Morgan fingerprint density at radius 1 is 0.938 bits per heavy atom. The van der Waals surface area contributed by atoms with Crippen LogP contribution in [0.25, 0.3) is 0 Å². The summed E-state index contributed by atoms with van der Waals surface area (Å²) in [6.07, 6.45) is -0.357. The van der Waals surface area contributed by atoms with Crippen molar-refractivity contribution < 1.29 is 32.6 Å². The van der Waals surface area contributed by atoms with Crippen LogP contribution in [0.4, 0.5) is 13.2 Å². The number of carbonyl (C=O) groups is 2. The molecular weight excluding hydrogens is 619 g/mol. The van der Waals surface area contributed by atoms with Gasteiger partial charge in [0.1, 0.15) is 5.75 Å². The van der Waals surface area contributed by atoms with E-state index in [1.165, 1.54) is 11.0 Å². The highest BCUT2D eigenvalue weighted by atomic mass is 19.4. The van der Waals surface area contributed by atoms with Gasteiger partial charge in [-0.2, -0.15) is 13.2 Å². The molecule has 0 unspecified atom stereocenters. The number of rotatable bonds is 16. The Labute approximate surface area is 281 Å². The lowest BCUT2D eigenvalue weighted by molar-refractivity contribution is -0.136. The second kappa shape index (κ2) is 17.5. The molecule has 3 aromatic carbocycles. The summed E-state index contributed by atoms with van der Waals surface area (Å²) in [4.78, 5) is 28.4. The van der Waals surface area contributed by atoms with Gasteiger partial charge in [0, 0.05) is 42.7 Å². The standard InChI is InChI=1S/C38H48F3N3O4/c1-3-22-44(23-12-21-38(39,40)41)36(47)30-16-10-15-29(25-30)35(46)43-33(24-28-13-6-4-7-14-28)34(45)27-42-37(19-8-5-9-20-37)31-17-11-18-32(26-31)48-2/h4,6-7,10-11,13-18,25-26,33-34,42,45H,3,5,8-9,12,19-24,27H2,1-2H3,(H,43,46)/t33-,34+/m0/s1. The number of carbonyl (C=O) groups excluding carboxylic acids is 2. The highest BCUT2D eigenvalue weighted by Crippen LogP contribution is 2.38. The lowest BCUT2D eigenvalue weighted by Gasteiger charge is -2.40. The largest absolute Gasteiger partial charge is 0.497 e. The molecule has 0 radical (unpaired) electrons. The van der Waals surface area contributed by atoms with E-state index in [0.717, 1.165) is 49.0 Å². The number of ether oxygens (including phenoxy) is 1. The molecule has 10 heteroatoms. The summed E-state index contributed by atoms with van der Waals surface area (Å²) in [7, 11) is 1.65. The number of nitrogens with one attached hydrogen (secondary N) is 2. The van der Waals surface area contributed by atoms with Crippen LogP contribution < -0.4 is 15.4 Å². The minimum Gasteiger partial charge on any atom is -0.497 e. The van der Waals surface area contributed by atoms with Crippen LogP contribution in [0.5, 0.6) is 5.75 Å². The summed E-state index contributed by atoms with van der Waals surface area (Å²) >= 11 is 0. The average molecular weight is 668 g/mol. The molecular formula is C38H48F3N3O4. The van der Waals surface area contributed by atoms with Crippen LogP contribution in [0.1, 0.15) is 90.1 Å². The normalized spacial score (nSPS) is 15.7. The molecule has 1 aliphatic rings. The molecule has 3 N–H and O–H groups in total. The van der Waals surface area contributed by atoms with Crippen molar-refractivity contribution in [1.29, 1.82) is 0 Å². The lowest BCUT2D eigenvalue weighted by atomic mass is 9.76. The van der Waals surface area contributed by atoms with E-state index in [0.29, 0.717) is 19.4 Å². The van der Waals surface area contributed by atoms with Gasteiger partial charge in [0.25, 0.3) is 11.8 Å². The van der Waals surface area contributed by atoms with Crippen LogP contribution in [0.2, 0.25) is 0 Å². The van der Waals surface area contributed by atoms with Crippen LogP contribution in [0.3, 0.4) is 0 Å². The van der Waals surface area contributed by atoms with Gasteiger partial charge in [-0.25, -0.2) is 0 Å². The Balaban J connectivity index is 1.51. The molecule has 0 bridgehead atoms. The minimum atomic E-state index is -4.29. The number of aliphatic hydroxyl groups excluding tert-OH is 1. The topological polar surface area (TPSA) is 90.9 Å². The number of hydrogen-bond acceptors (Lipinski definition) is 5. The van der Waals surface area contributed by atoms with Crippen molar-refractivity contribution in [2.75, 3.05) is 26.7 Å². The highest BCUT2D eigenvalue weighted by Gasteiger charge is 2.35. The van der Waals surface area contributed by atoms with Gasteiger partial charge in [-0.05, 0) is 73.6 Å². The number of benzene rings is 3. The maximum Gasteiger partial charge on any atom is 0.389 e. The number of hydrogen-bond donors (Lipinski definition) is 3. The molecule has 260 valence electrons. The van der Waals surface area contributed by atoms with E-state index in [-0.39, 0.29) is 36.2 Å². The third-order valence-corrected chi connectivity index (χ3v) is 9.10. The van der Waals surface area contributed by atoms with E-state index in [4.69, 9.17) is 4.74 Å². The monoisotopic (exact) mass is 667 g/mol. The predicted molar refractivity (Wildman–Crippen MR) is 181 cm³/mol. The van der Waals surface area contributed by atoms with Gasteiger partial charge in [0.2, 0.25) is 0 Å². The second-order valence-corrected chi connectivity index (χ2v) is 12.7. The van der Waals surface area contributed by atoms with Crippen molar-refractivity contribution >= 4 is 11.8 Å². The Morgan fingerprint density at radius 2 is 1.65 bits per heavy atom. The summed E-state index contributed by atoms with van der Waals surface area (Å²) in [5, 5.41) is 18.3.